The minimum absolute atomic E-state index is 0.0641. The first kappa shape index (κ1) is 28.7. The predicted molar refractivity (Wildman–Crippen MR) is 137 cm³/mol. The van der Waals surface area contributed by atoms with Crippen LogP contribution in [0.15, 0.2) is 18.5 Å². The van der Waals surface area contributed by atoms with Gasteiger partial charge in [0, 0.05) is 0 Å². The maximum absolute atomic E-state index is 12.5. The van der Waals surface area contributed by atoms with Crippen molar-refractivity contribution in [2.24, 2.45) is 5.92 Å². The van der Waals surface area contributed by atoms with E-state index in [0.717, 1.165) is 32.1 Å². The van der Waals surface area contributed by atoms with Gasteiger partial charge in [0.05, 0.1) is 24.9 Å². The molecule has 212 valence electrons. The summed E-state index contributed by atoms with van der Waals surface area (Å²) in [7, 11) is 0. The van der Waals surface area contributed by atoms with E-state index in [1.54, 1.807) is 32.9 Å². The molecule has 13 nitrogen and oxygen atoms in total. The van der Waals surface area contributed by atoms with E-state index in [0.29, 0.717) is 11.2 Å². The third kappa shape index (κ3) is 6.14. The quantitative estimate of drug-likeness (QED) is 0.222. The molecule has 5 atom stereocenters. The van der Waals surface area contributed by atoms with Gasteiger partial charge in [0.1, 0.15) is 42.3 Å². The molecule has 0 aromatic carbocycles. The Morgan fingerprint density at radius 1 is 1.26 bits per heavy atom. The number of aliphatic hydroxyl groups is 1. The second kappa shape index (κ2) is 12.3. The topological polar surface area (TPSA) is 183 Å². The van der Waals surface area contributed by atoms with Gasteiger partial charge in [-0.25, -0.2) is 9.50 Å². The van der Waals surface area contributed by atoms with Gasteiger partial charge < -0.3 is 29.8 Å². The fourth-order valence-electron chi connectivity index (χ4n) is 4.81. The number of aromatic nitrogens is 3. The summed E-state index contributed by atoms with van der Waals surface area (Å²) in [6.07, 6.45) is 2.32. The first-order valence-electron chi connectivity index (χ1n) is 13.2. The lowest BCUT2D eigenvalue weighted by Crippen LogP contribution is -2.49. The summed E-state index contributed by atoms with van der Waals surface area (Å²) in [4.78, 5) is 28.9. The number of hydrogen-bond donors (Lipinski definition) is 3. The predicted octanol–water partition coefficient (Wildman–Crippen LogP) is 1.40. The molecule has 0 bridgehead atoms. The Balaban J connectivity index is 1.45. The fraction of sp³-hybridized carbons (Fsp3) is 0.654. The van der Waals surface area contributed by atoms with E-state index in [1.807, 2.05) is 6.07 Å². The standard InChI is InChI=1S/C26H36N6O7/c1-15(2)24(34)38-22-20(33)21(18-9-10-19-23(28)29-13-31-32(18)19)39-26(22,11-27)12-36-14-30-16(3)25(35)37-17-7-5-4-6-8-17/h9-10,13,15-17,20-22,30,33H,4-8,12,14H2,1-3H3,(H2,28,29,31)/t16-,20-,21-,22-,26+/m0/s1. The van der Waals surface area contributed by atoms with Gasteiger partial charge in [-0.05, 0) is 44.7 Å². The lowest BCUT2D eigenvalue weighted by Gasteiger charge is -2.28. The van der Waals surface area contributed by atoms with Crippen molar-refractivity contribution in [1.82, 2.24) is 19.9 Å². The van der Waals surface area contributed by atoms with Crippen LogP contribution in [0, 0.1) is 17.2 Å². The number of nitrogens with zero attached hydrogens (tertiary/aromatic N) is 4. The number of nitrogen functional groups attached to an aromatic ring is 1. The van der Waals surface area contributed by atoms with Gasteiger partial charge in [0.25, 0.3) is 0 Å². The SMILES string of the molecule is CC(C)C(=O)O[C@H]1[C@@H](O)[C@H](c2ccc3c(N)ncnn23)O[C@]1(C#N)COCN[C@@H](C)C(=O)OC1CCCCC1. The summed E-state index contributed by atoms with van der Waals surface area (Å²) in [6.45, 7) is 4.48. The van der Waals surface area contributed by atoms with Crippen molar-refractivity contribution in [3.05, 3.63) is 24.2 Å². The highest BCUT2D eigenvalue weighted by molar-refractivity contribution is 5.75. The number of carbonyl (C=O) groups is 2. The van der Waals surface area contributed by atoms with Crippen LogP contribution in [0.25, 0.3) is 5.52 Å². The highest BCUT2D eigenvalue weighted by Crippen LogP contribution is 2.42. The van der Waals surface area contributed by atoms with E-state index in [4.69, 9.17) is 24.7 Å². The Morgan fingerprint density at radius 3 is 2.69 bits per heavy atom. The number of nitrogens with two attached hydrogens (primary N) is 1. The number of fused-ring (bicyclic) bond motifs is 1. The van der Waals surface area contributed by atoms with Crippen molar-refractivity contribution in [1.29, 1.82) is 5.26 Å². The molecule has 2 aromatic heterocycles. The van der Waals surface area contributed by atoms with Crippen molar-refractivity contribution >= 4 is 23.3 Å². The number of aliphatic hydroxyl groups excluding tert-OH is 1. The van der Waals surface area contributed by atoms with Gasteiger partial charge in [-0.2, -0.15) is 10.4 Å². The lowest BCUT2D eigenvalue weighted by atomic mass is 9.95. The zero-order valence-electron chi connectivity index (χ0n) is 22.4. The highest BCUT2D eigenvalue weighted by Gasteiger charge is 2.59. The van der Waals surface area contributed by atoms with Gasteiger partial charge in [-0.3, -0.25) is 14.9 Å². The van der Waals surface area contributed by atoms with Crippen LogP contribution in [0.2, 0.25) is 0 Å². The monoisotopic (exact) mass is 544 g/mol. The van der Waals surface area contributed by atoms with Gasteiger partial charge in [-0.1, -0.05) is 20.3 Å². The van der Waals surface area contributed by atoms with Crippen LogP contribution >= 0.6 is 0 Å². The third-order valence-electron chi connectivity index (χ3n) is 7.12. The largest absolute Gasteiger partial charge is 0.461 e. The van der Waals surface area contributed by atoms with Crippen molar-refractivity contribution in [2.45, 2.75) is 88.9 Å². The molecule has 1 aliphatic carbocycles. The van der Waals surface area contributed by atoms with Crippen molar-refractivity contribution < 1.29 is 33.6 Å². The molecular weight excluding hydrogens is 508 g/mol. The van der Waals surface area contributed by atoms with Crippen molar-refractivity contribution in [3.8, 4) is 6.07 Å². The first-order chi connectivity index (χ1) is 18.7. The number of esters is 2. The Labute approximate surface area is 226 Å². The summed E-state index contributed by atoms with van der Waals surface area (Å²) >= 11 is 0. The molecule has 1 saturated heterocycles. The third-order valence-corrected chi connectivity index (χ3v) is 7.12. The molecule has 0 unspecified atom stereocenters. The van der Waals surface area contributed by atoms with Crippen LogP contribution in [0.4, 0.5) is 5.82 Å². The number of hydrogen-bond acceptors (Lipinski definition) is 12. The number of nitriles is 1. The van der Waals surface area contributed by atoms with Crippen LogP contribution in [-0.2, 0) is 28.5 Å². The number of anilines is 1. The Morgan fingerprint density at radius 2 is 2.00 bits per heavy atom. The summed E-state index contributed by atoms with van der Waals surface area (Å²) < 4.78 is 24.4. The number of ether oxygens (including phenoxy) is 4. The minimum Gasteiger partial charge on any atom is -0.461 e. The smallest absolute Gasteiger partial charge is 0.323 e. The van der Waals surface area contributed by atoms with E-state index < -0.39 is 41.8 Å². The van der Waals surface area contributed by atoms with Crippen LogP contribution in [-0.4, -0.2) is 74.9 Å². The molecule has 4 N–H and O–H groups in total. The summed E-state index contributed by atoms with van der Waals surface area (Å²) in [5, 5.41) is 28.6. The van der Waals surface area contributed by atoms with Crippen LogP contribution in [0.3, 0.4) is 0 Å². The molecule has 4 rings (SSSR count). The van der Waals surface area contributed by atoms with Crippen molar-refractivity contribution in [2.75, 3.05) is 19.1 Å². The normalized spacial score (nSPS) is 26.4. The molecule has 3 heterocycles. The summed E-state index contributed by atoms with van der Waals surface area (Å²) in [5.41, 5.74) is 4.97. The van der Waals surface area contributed by atoms with E-state index in [1.165, 1.54) is 10.8 Å². The molecule has 2 aromatic rings. The van der Waals surface area contributed by atoms with E-state index in [2.05, 4.69) is 15.4 Å². The van der Waals surface area contributed by atoms with E-state index in [-0.39, 0.29) is 31.2 Å². The van der Waals surface area contributed by atoms with Crippen LogP contribution < -0.4 is 11.1 Å². The number of carbonyl (C=O) groups excluding carboxylic acids is 2. The Hall–Kier alpha value is -3.31. The van der Waals surface area contributed by atoms with Crippen LogP contribution in [0.5, 0.6) is 0 Å². The maximum Gasteiger partial charge on any atom is 0.323 e. The fourth-order valence-corrected chi connectivity index (χ4v) is 4.81. The molecule has 13 heteroatoms. The number of rotatable bonds is 10. The van der Waals surface area contributed by atoms with E-state index >= 15 is 0 Å². The lowest BCUT2D eigenvalue weighted by molar-refractivity contribution is -0.167. The molecular formula is C26H36N6O7. The number of nitrogens with one attached hydrogen (secondary N) is 1. The second-order valence-electron chi connectivity index (χ2n) is 10.4. The van der Waals surface area contributed by atoms with Gasteiger partial charge in [0.15, 0.2) is 11.9 Å². The van der Waals surface area contributed by atoms with Crippen molar-refractivity contribution in [3.63, 3.8) is 0 Å². The minimum atomic E-state index is -1.84. The Kier molecular flexibility index (Phi) is 9.01. The first-order valence-corrected chi connectivity index (χ1v) is 13.2. The molecule has 39 heavy (non-hydrogen) atoms. The van der Waals surface area contributed by atoms with Gasteiger partial charge >= 0.3 is 11.9 Å². The zero-order valence-corrected chi connectivity index (χ0v) is 22.4. The highest BCUT2D eigenvalue weighted by atomic mass is 16.6. The average molecular weight is 545 g/mol. The maximum atomic E-state index is 12.5. The molecule has 1 aliphatic heterocycles. The van der Waals surface area contributed by atoms with E-state index in [9.17, 15) is 20.0 Å². The second-order valence-corrected chi connectivity index (χ2v) is 10.4. The van der Waals surface area contributed by atoms with Gasteiger partial charge in [-0.15, -0.1) is 0 Å². The molecule has 0 amide bonds. The summed E-state index contributed by atoms with van der Waals surface area (Å²) in [5.74, 6) is -1.26. The van der Waals surface area contributed by atoms with Gasteiger partial charge in [0.2, 0.25) is 5.60 Å². The summed E-state index contributed by atoms with van der Waals surface area (Å²) in [6, 6.07) is 4.72. The molecule has 1 saturated carbocycles. The molecule has 2 aliphatic rings. The molecule has 0 radical (unpaired) electrons. The average Bonchev–Trinajstić information content (AvgIpc) is 3.47. The molecule has 2 fully saturated rings. The van der Waals surface area contributed by atoms with Crippen LogP contribution in [0.1, 0.15) is 64.7 Å². The molecule has 0 spiro atoms. The Bertz CT molecular complexity index is 1210. The zero-order chi connectivity index (χ0) is 28.2.